The van der Waals surface area contributed by atoms with E-state index in [1.165, 1.54) is 0 Å². The van der Waals surface area contributed by atoms with E-state index in [2.05, 4.69) is 22.2 Å². The lowest BCUT2D eigenvalue weighted by Crippen LogP contribution is -1.86. The van der Waals surface area contributed by atoms with Gasteiger partial charge in [0, 0.05) is 4.57 Å². The van der Waals surface area contributed by atoms with Crippen molar-refractivity contribution in [3.63, 3.8) is 0 Å². The molecule has 0 heterocycles. The fourth-order valence-corrected chi connectivity index (χ4v) is 0.637. The highest BCUT2D eigenvalue weighted by Crippen LogP contribution is 2.11. The largest absolute Gasteiger partial charge is 0.662 e. The Hall–Kier alpha value is 0.240. The molecule has 7 heavy (non-hydrogen) atoms. The van der Waals surface area contributed by atoms with Crippen molar-refractivity contribution in [2.24, 2.45) is 5.50 Å². The summed E-state index contributed by atoms with van der Waals surface area (Å²) in [5, 5.41) is 0. The van der Waals surface area contributed by atoms with Gasteiger partial charge < -0.3 is 0 Å². The predicted molar refractivity (Wildman–Crippen MR) is 31.3 cm³/mol. The second-order valence-electron chi connectivity index (χ2n) is 0.614. The molecule has 0 aromatic heterocycles. The molecule has 0 aliphatic rings. The van der Waals surface area contributed by atoms with E-state index in [-0.39, 0.29) is 4.51 Å². The fraction of sp³-hybridized carbons (Fsp3) is 0. The maximum atomic E-state index is 9.79. The number of hydrogen-bond acceptors (Lipinski definition) is 3. The molecule has 0 radical (unpaired) electrons. The van der Waals surface area contributed by atoms with Gasteiger partial charge in [-0.1, -0.05) is 5.50 Å². The van der Waals surface area contributed by atoms with E-state index in [9.17, 15) is 4.57 Å². The van der Waals surface area contributed by atoms with Crippen LogP contribution in [0, 0.1) is 0 Å². The molecule has 0 aliphatic heterocycles. The molecule has 3 nitrogen and oxygen atoms in total. The molecule has 0 fully saturated rings. The van der Waals surface area contributed by atoms with Crippen molar-refractivity contribution < 1.29 is 9.09 Å². The molecule has 0 spiro atoms. The van der Waals surface area contributed by atoms with Gasteiger partial charge in [-0.05, 0) is 23.8 Å². The molecule has 0 aliphatic carbocycles. The quantitative estimate of drug-likeness (QED) is 0.353. The Morgan fingerprint density at radius 1 is 2.00 bits per heavy atom. The SMILES string of the molecule is N[P+](=O)OC(=S)Cl. The second-order valence-corrected chi connectivity index (χ2v) is 2.31. The molecular formula is CH2ClNO2PS+. The summed E-state index contributed by atoms with van der Waals surface area (Å²) < 4.78 is 13.5. The van der Waals surface area contributed by atoms with Crippen LogP contribution in [-0.4, -0.2) is 4.51 Å². The zero-order valence-corrected chi connectivity index (χ0v) is 5.59. The molecule has 0 aromatic rings. The molecule has 0 amide bonds. The maximum absolute atomic E-state index is 9.79. The first-order valence-corrected chi connectivity index (χ1v) is 3.25. The van der Waals surface area contributed by atoms with Crippen molar-refractivity contribution in [1.82, 2.24) is 0 Å². The third-order valence-electron chi connectivity index (χ3n) is 0.162. The van der Waals surface area contributed by atoms with E-state index in [1.807, 2.05) is 0 Å². The lowest BCUT2D eigenvalue weighted by Gasteiger charge is -1.73. The Labute approximate surface area is 51.7 Å². The van der Waals surface area contributed by atoms with Gasteiger partial charge in [0.2, 0.25) is 0 Å². The highest BCUT2D eigenvalue weighted by molar-refractivity contribution is 7.83. The van der Waals surface area contributed by atoms with Gasteiger partial charge in [0.05, 0.1) is 0 Å². The molecule has 1 unspecified atom stereocenters. The van der Waals surface area contributed by atoms with Gasteiger partial charge in [0.25, 0.3) is 0 Å². The Balaban J connectivity index is 3.32. The Kier molecular flexibility index (Phi) is 3.38. The van der Waals surface area contributed by atoms with Crippen LogP contribution in [0.2, 0.25) is 0 Å². The van der Waals surface area contributed by atoms with Crippen molar-refractivity contribution >= 4 is 36.5 Å². The molecule has 0 saturated heterocycles. The predicted octanol–water partition coefficient (Wildman–Crippen LogP) is 1.14. The average Bonchev–Trinajstić information content (AvgIpc) is 1.27. The summed E-state index contributed by atoms with van der Waals surface area (Å²) in [5.74, 6) is 0. The fourth-order valence-electron chi connectivity index (χ4n) is 0.0707. The molecule has 0 saturated carbocycles. The Morgan fingerprint density at radius 3 is 2.43 bits per heavy atom. The topological polar surface area (TPSA) is 52.3 Å². The molecule has 40 valence electrons. The summed E-state index contributed by atoms with van der Waals surface area (Å²) in [6.45, 7) is 0. The second kappa shape index (κ2) is 3.27. The van der Waals surface area contributed by atoms with Crippen molar-refractivity contribution in [3.8, 4) is 0 Å². The molecule has 0 aromatic carbocycles. The highest BCUT2D eigenvalue weighted by atomic mass is 35.5. The van der Waals surface area contributed by atoms with Crippen LogP contribution in [0.3, 0.4) is 0 Å². The Bertz CT molecular complexity index is 93.9. The first kappa shape index (κ1) is 7.24. The van der Waals surface area contributed by atoms with Gasteiger partial charge in [-0.25, -0.2) is 4.52 Å². The summed E-state index contributed by atoms with van der Waals surface area (Å²) in [5.41, 5.74) is 4.61. The highest BCUT2D eigenvalue weighted by Gasteiger charge is 2.10. The van der Waals surface area contributed by atoms with E-state index in [1.54, 1.807) is 0 Å². The van der Waals surface area contributed by atoms with Crippen LogP contribution in [-0.2, 0) is 9.09 Å². The number of halogens is 1. The zero-order valence-electron chi connectivity index (χ0n) is 3.13. The average molecular weight is 159 g/mol. The number of hydrogen-bond donors (Lipinski definition) is 1. The van der Waals surface area contributed by atoms with Crippen LogP contribution in [0.25, 0.3) is 0 Å². The maximum Gasteiger partial charge on any atom is 0.662 e. The normalized spacial score (nSPS) is 10.3. The van der Waals surface area contributed by atoms with E-state index in [4.69, 9.17) is 11.6 Å². The third-order valence-corrected chi connectivity index (χ3v) is 0.916. The molecular weight excluding hydrogens is 157 g/mol. The lowest BCUT2D eigenvalue weighted by molar-refractivity contribution is 0.513. The van der Waals surface area contributed by atoms with Gasteiger partial charge in [-0.15, -0.1) is 0 Å². The van der Waals surface area contributed by atoms with Crippen LogP contribution in [0.1, 0.15) is 0 Å². The summed E-state index contributed by atoms with van der Waals surface area (Å²) >= 11 is 9.07. The standard InChI is InChI=1S/CH2ClNO2PS/c2-1(7)5-6(3)4/h(H2,3,4)/q+1. The van der Waals surface area contributed by atoms with Crippen molar-refractivity contribution in [2.45, 2.75) is 0 Å². The van der Waals surface area contributed by atoms with E-state index in [0.29, 0.717) is 0 Å². The first-order valence-electron chi connectivity index (χ1n) is 1.22. The smallest absolute Gasteiger partial charge is 0.214 e. The third kappa shape index (κ3) is 6.24. The van der Waals surface area contributed by atoms with Gasteiger partial charge in [-0.3, -0.25) is 0 Å². The zero-order chi connectivity index (χ0) is 5.86. The van der Waals surface area contributed by atoms with Crippen molar-refractivity contribution in [1.29, 1.82) is 0 Å². The van der Waals surface area contributed by atoms with Gasteiger partial charge in [-0.2, -0.15) is 0 Å². The molecule has 0 bridgehead atoms. The molecule has 0 rings (SSSR count). The minimum absolute atomic E-state index is 0.316. The van der Waals surface area contributed by atoms with Crippen LogP contribution >= 0.6 is 32.0 Å². The molecule has 1 atom stereocenters. The number of thiocarbonyl (C=S) groups is 1. The Morgan fingerprint density at radius 2 is 2.43 bits per heavy atom. The minimum atomic E-state index is -2.16. The monoisotopic (exact) mass is 158 g/mol. The van der Waals surface area contributed by atoms with Gasteiger partial charge >= 0.3 is 12.7 Å². The number of nitrogens with two attached hydrogens (primary N) is 1. The molecule has 2 N–H and O–H groups in total. The van der Waals surface area contributed by atoms with Crippen molar-refractivity contribution in [2.75, 3.05) is 0 Å². The van der Waals surface area contributed by atoms with E-state index >= 15 is 0 Å². The van der Waals surface area contributed by atoms with Crippen LogP contribution in [0.15, 0.2) is 0 Å². The minimum Gasteiger partial charge on any atom is -0.214 e. The molecule has 6 heteroatoms. The van der Waals surface area contributed by atoms with E-state index < -0.39 is 8.18 Å². The van der Waals surface area contributed by atoms with Crippen molar-refractivity contribution in [3.05, 3.63) is 0 Å². The lowest BCUT2D eigenvalue weighted by atomic mass is 11.7. The summed E-state index contributed by atoms with van der Waals surface area (Å²) in [6.07, 6.45) is 0. The number of rotatable bonds is 1. The summed E-state index contributed by atoms with van der Waals surface area (Å²) in [4.78, 5) is 0. The summed E-state index contributed by atoms with van der Waals surface area (Å²) in [6, 6.07) is 0. The first-order chi connectivity index (χ1) is 3.13. The van der Waals surface area contributed by atoms with Gasteiger partial charge in [0.15, 0.2) is 0 Å². The van der Waals surface area contributed by atoms with Crippen LogP contribution in [0.4, 0.5) is 0 Å². The van der Waals surface area contributed by atoms with Crippen LogP contribution in [0.5, 0.6) is 0 Å². The van der Waals surface area contributed by atoms with Crippen LogP contribution < -0.4 is 5.50 Å². The van der Waals surface area contributed by atoms with E-state index in [0.717, 1.165) is 0 Å². The summed E-state index contributed by atoms with van der Waals surface area (Å²) in [7, 11) is -2.16. The van der Waals surface area contributed by atoms with Gasteiger partial charge in [0.1, 0.15) is 0 Å².